The molecule has 3 rings (SSSR count). The van der Waals surface area contributed by atoms with Crippen molar-refractivity contribution in [1.82, 2.24) is 0 Å². The van der Waals surface area contributed by atoms with Gasteiger partial charge in [0.2, 0.25) is 12.1 Å². The van der Waals surface area contributed by atoms with E-state index in [1.54, 1.807) is 12.1 Å². The molecule has 3 heterocycles. The Labute approximate surface area is 86.1 Å². The fourth-order valence-electron chi connectivity index (χ4n) is 1.82. The first-order valence-corrected chi connectivity index (χ1v) is 4.71. The number of furan rings is 2. The quantitative estimate of drug-likeness (QED) is 0.719. The third-order valence-electron chi connectivity index (χ3n) is 2.42. The number of aliphatic hydroxyl groups is 1. The topological polar surface area (TPSA) is 55.7 Å². The van der Waals surface area contributed by atoms with Crippen molar-refractivity contribution in [3.8, 4) is 17.3 Å². The monoisotopic (exact) mass is 206 g/mol. The van der Waals surface area contributed by atoms with Crippen LogP contribution in [-0.2, 0) is 0 Å². The summed E-state index contributed by atoms with van der Waals surface area (Å²) in [4.78, 5) is 0. The summed E-state index contributed by atoms with van der Waals surface area (Å²) >= 11 is 0. The van der Waals surface area contributed by atoms with Gasteiger partial charge in [0, 0.05) is 6.07 Å². The lowest BCUT2D eigenvalue weighted by molar-refractivity contribution is -0.0227. The maximum Gasteiger partial charge on any atom is 0.228 e. The molecule has 0 amide bonds. The number of hydrogen-bond donors (Lipinski definition) is 1. The van der Waals surface area contributed by atoms with Crippen LogP contribution in [0.2, 0.25) is 0 Å². The van der Waals surface area contributed by atoms with Gasteiger partial charge in [-0.25, -0.2) is 0 Å². The van der Waals surface area contributed by atoms with Crippen LogP contribution in [0.15, 0.2) is 21.0 Å². The number of fused-ring (bicyclic) bond motifs is 3. The standard InChI is InChI=1S/C11H10O4/c1-5-3-7-9(13-5)10-8(15-11(7)12)4-6(2)14-10/h3-4,11-12H,1-2H3. The Kier molecular flexibility index (Phi) is 1.53. The Balaban J connectivity index is 2.28. The zero-order chi connectivity index (χ0) is 10.6. The number of ether oxygens (including phenoxy) is 1. The lowest BCUT2D eigenvalue weighted by atomic mass is 10.1. The second-order valence-corrected chi connectivity index (χ2v) is 3.66. The highest BCUT2D eigenvalue weighted by Crippen LogP contribution is 2.44. The maximum absolute atomic E-state index is 9.71. The van der Waals surface area contributed by atoms with E-state index in [1.807, 2.05) is 13.8 Å². The minimum absolute atomic E-state index is 0.529. The third kappa shape index (κ3) is 1.11. The van der Waals surface area contributed by atoms with E-state index in [2.05, 4.69) is 0 Å². The zero-order valence-electron chi connectivity index (χ0n) is 8.40. The molecule has 1 N–H and O–H groups in total. The van der Waals surface area contributed by atoms with E-state index in [4.69, 9.17) is 13.6 Å². The summed E-state index contributed by atoms with van der Waals surface area (Å²) in [6.45, 7) is 3.64. The van der Waals surface area contributed by atoms with Crippen molar-refractivity contribution in [2.45, 2.75) is 20.1 Å². The highest BCUT2D eigenvalue weighted by Gasteiger charge is 2.31. The molecule has 0 spiro atoms. The van der Waals surface area contributed by atoms with E-state index >= 15 is 0 Å². The van der Waals surface area contributed by atoms with Gasteiger partial charge in [0.05, 0.1) is 5.56 Å². The molecule has 4 heteroatoms. The third-order valence-corrected chi connectivity index (χ3v) is 2.42. The molecule has 1 aliphatic heterocycles. The molecule has 0 saturated heterocycles. The molecule has 0 radical (unpaired) electrons. The first-order valence-electron chi connectivity index (χ1n) is 4.71. The van der Waals surface area contributed by atoms with E-state index in [1.165, 1.54) is 0 Å². The van der Waals surface area contributed by atoms with Gasteiger partial charge in [-0.05, 0) is 19.9 Å². The van der Waals surface area contributed by atoms with Crippen LogP contribution in [0.5, 0.6) is 5.75 Å². The predicted molar refractivity (Wildman–Crippen MR) is 51.5 cm³/mol. The summed E-state index contributed by atoms with van der Waals surface area (Å²) in [5, 5.41) is 9.71. The second kappa shape index (κ2) is 2.67. The molecule has 0 saturated carbocycles. The van der Waals surface area contributed by atoms with Crippen molar-refractivity contribution in [1.29, 1.82) is 0 Å². The van der Waals surface area contributed by atoms with Crippen LogP contribution in [0.4, 0.5) is 0 Å². The number of aryl methyl sites for hydroxylation is 2. The second-order valence-electron chi connectivity index (χ2n) is 3.66. The van der Waals surface area contributed by atoms with E-state index in [0.717, 1.165) is 11.5 Å². The summed E-state index contributed by atoms with van der Waals surface area (Å²) < 4.78 is 16.2. The molecule has 0 aliphatic carbocycles. The van der Waals surface area contributed by atoms with Crippen LogP contribution >= 0.6 is 0 Å². The molecule has 0 bridgehead atoms. The van der Waals surface area contributed by atoms with Crippen LogP contribution in [0.25, 0.3) is 11.5 Å². The highest BCUT2D eigenvalue weighted by atomic mass is 16.6. The van der Waals surface area contributed by atoms with Gasteiger partial charge in [0.15, 0.2) is 11.5 Å². The van der Waals surface area contributed by atoms with Crippen molar-refractivity contribution in [3.63, 3.8) is 0 Å². The normalized spacial score (nSPS) is 18.2. The molecule has 2 aromatic heterocycles. The molecular formula is C11H10O4. The van der Waals surface area contributed by atoms with Gasteiger partial charge in [-0.3, -0.25) is 0 Å². The maximum atomic E-state index is 9.71. The summed E-state index contributed by atoms with van der Waals surface area (Å²) in [6.07, 6.45) is -0.970. The molecule has 15 heavy (non-hydrogen) atoms. The van der Waals surface area contributed by atoms with Gasteiger partial charge in [0.1, 0.15) is 11.5 Å². The van der Waals surface area contributed by atoms with Crippen molar-refractivity contribution in [3.05, 3.63) is 29.2 Å². The Morgan fingerprint density at radius 2 is 1.73 bits per heavy atom. The van der Waals surface area contributed by atoms with Gasteiger partial charge in [-0.1, -0.05) is 0 Å². The Morgan fingerprint density at radius 3 is 2.53 bits per heavy atom. The van der Waals surface area contributed by atoms with E-state index in [-0.39, 0.29) is 0 Å². The molecule has 2 aromatic rings. The Hall–Kier alpha value is -1.68. The van der Waals surface area contributed by atoms with Crippen molar-refractivity contribution in [2.24, 2.45) is 0 Å². The molecule has 1 unspecified atom stereocenters. The SMILES string of the molecule is Cc1cc2c(o1)-c1oc(C)cc1C(O)O2. The van der Waals surface area contributed by atoms with E-state index in [0.29, 0.717) is 22.8 Å². The average Bonchev–Trinajstić information content (AvgIpc) is 2.68. The summed E-state index contributed by atoms with van der Waals surface area (Å²) in [6, 6.07) is 3.49. The van der Waals surface area contributed by atoms with Gasteiger partial charge in [0.25, 0.3) is 0 Å². The lowest BCUT2D eigenvalue weighted by Gasteiger charge is -2.16. The molecule has 4 nitrogen and oxygen atoms in total. The Morgan fingerprint density at radius 1 is 1.07 bits per heavy atom. The molecule has 78 valence electrons. The van der Waals surface area contributed by atoms with Crippen LogP contribution in [-0.4, -0.2) is 5.11 Å². The van der Waals surface area contributed by atoms with Gasteiger partial charge < -0.3 is 18.7 Å². The fraction of sp³-hybridized carbons (Fsp3) is 0.273. The fourth-order valence-corrected chi connectivity index (χ4v) is 1.82. The van der Waals surface area contributed by atoms with Crippen LogP contribution < -0.4 is 4.74 Å². The first kappa shape index (κ1) is 8.61. The predicted octanol–water partition coefficient (Wildman–Crippen LogP) is 2.54. The van der Waals surface area contributed by atoms with Gasteiger partial charge in [-0.15, -0.1) is 0 Å². The Bertz CT molecular complexity index is 521. The summed E-state index contributed by atoms with van der Waals surface area (Å²) in [5.41, 5.74) is 0.620. The van der Waals surface area contributed by atoms with E-state index < -0.39 is 6.29 Å². The number of rotatable bonds is 0. The molecule has 1 atom stereocenters. The van der Waals surface area contributed by atoms with Crippen LogP contribution in [0.1, 0.15) is 23.4 Å². The zero-order valence-corrected chi connectivity index (χ0v) is 8.40. The molecule has 1 aliphatic rings. The summed E-state index contributed by atoms with van der Waals surface area (Å²) in [5.74, 6) is 3.11. The van der Waals surface area contributed by atoms with Crippen molar-refractivity contribution < 1.29 is 18.7 Å². The number of aliphatic hydroxyl groups excluding tert-OH is 1. The largest absolute Gasteiger partial charge is 0.457 e. The van der Waals surface area contributed by atoms with Gasteiger partial charge >= 0.3 is 0 Å². The lowest BCUT2D eigenvalue weighted by Crippen LogP contribution is -2.10. The first-order chi connectivity index (χ1) is 7.15. The molecule has 0 fully saturated rings. The molecular weight excluding hydrogens is 196 g/mol. The molecule has 0 aromatic carbocycles. The smallest absolute Gasteiger partial charge is 0.228 e. The van der Waals surface area contributed by atoms with Crippen LogP contribution in [0.3, 0.4) is 0 Å². The van der Waals surface area contributed by atoms with Crippen LogP contribution in [0, 0.1) is 13.8 Å². The summed E-state index contributed by atoms with van der Waals surface area (Å²) in [7, 11) is 0. The van der Waals surface area contributed by atoms with Crippen molar-refractivity contribution >= 4 is 0 Å². The number of hydrogen-bond acceptors (Lipinski definition) is 4. The minimum Gasteiger partial charge on any atom is -0.457 e. The minimum atomic E-state index is -0.970. The van der Waals surface area contributed by atoms with E-state index in [9.17, 15) is 5.11 Å². The highest BCUT2D eigenvalue weighted by molar-refractivity contribution is 5.66. The van der Waals surface area contributed by atoms with Gasteiger partial charge in [-0.2, -0.15) is 0 Å². The average molecular weight is 206 g/mol. The van der Waals surface area contributed by atoms with Crippen molar-refractivity contribution in [2.75, 3.05) is 0 Å².